The quantitative estimate of drug-likeness (QED) is 0.0315. The van der Waals surface area contributed by atoms with Crippen molar-refractivity contribution in [2.75, 3.05) is 13.2 Å². The van der Waals surface area contributed by atoms with Crippen molar-refractivity contribution in [3.63, 3.8) is 0 Å². The van der Waals surface area contributed by atoms with Crippen molar-refractivity contribution in [3.8, 4) is 0 Å². The maximum Gasteiger partial charge on any atom is 0.469 e. The van der Waals surface area contributed by atoms with E-state index in [2.05, 4.69) is 18.4 Å². The molecule has 8 heteroatoms. The monoisotopic (exact) mass is 632 g/mol. The molecule has 0 saturated heterocycles. The third-order valence-electron chi connectivity index (χ3n) is 7.91. The van der Waals surface area contributed by atoms with Gasteiger partial charge >= 0.3 is 13.8 Å². The number of ether oxygens (including phenoxy) is 2. The van der Waals surface area contributed by atoms with Crippen molar-refractivity contribution in [2.24, 2.45) is 0 Å². The summed E-state index contributed by atoms with van der Waals surface area (Å²) in [4.78, 5) is 30.4. The molecule has 0 fully saturated rings. The number of carbonyl (C=O) groups excluding carboxylic acids is 1. The zero-order chi connectivity index (χ0) is 31.7. The first-order valence-electron chi connectivity index (χ1n) is 18.0. The Morgan fingerprint density at radius 2 is 1.00 bits per heavy atom. The molecule has 0 amide bonds. The minimum absolute atomic E-state index is 0.000706. The average Bonchev–Trinajstić information content (AvgIpc) is 2.97. The molecule has 0 aliphatic heterocycles. The molecule has 0 rings (SSSR count). The Labute approximate surface area is 265 Å². The summed E-state index contributed by atoms with van der Waals surface area (Å²) in [6.07, 6.45) is 35.7. The second-order valence-corrected chi connectivity index (χ2v) is 13.5. The highest BCUT2D eigenvalue weighted by Crippen LogP contribution is 2.35. The Hall–Kier alpha value is -0.880. The first kappa shape index (κ1) is 42.1. The minimum atomic E-state index is -4.66. The molecule has 0 aliphatic carbocycles. The van der Waals surface area contributed by atoms with Crippen LogP contribution in [0.15, 0.2) is 12.3 Å². The first-order valence-corrected chi connectivity index (χ1v) is 19.6. The summed E-state index contributed by atoms with van der Waals surface area (Å²) in [5.74, 6) is -0.383. The number of carbonyl (C=O) groups is 1. The molecule has 0 aliphatic rings. The summed E-state index contributed by atoms with van der Waals surface area (Å²) in [6, 6.07) is 0. The molecule has 1 atom stereocenters. The SMILES string of the molecule is CCCCCCCCCCCCCC/C=C\OC[C@H](COP(=O)(O)O)OC(=O)CCCCCCCCCCCCCCC. The third-order valence-corrected chi connectivity index (χ3v) is 8.40. The van der Waals surface area contributed by atoms with E-state index in [4.69, 9.17) is 19.3 Å². The van der Waals surface area contributed by atoms with Gasteiger partial charge < -0.3 is 19.3 Å². The summed E-state index contributed by atoms with van der Waals surface area (Å²) in [5, 5.41) is 0. The van der Waals surface area contributed by atoms with Gasteiger partial charge in [-0.05, 0) is 25.3 Å². The maximum absolute atomic E-state index is 12.3. The van der Waals surface area contributed by atoms with E-state index in [1.165, 1.54) is 135 Å². The molecule has 256 valence electrons. The standard InChI is InChI=1S/C35H69O7P/c1-3-5-7-9-11-13-15-17-19-21-23-25-27-29-31-40-32-34(33-41-43(37,38)39)42-35(36)30-28-26-24-22-20-18-16-14-12-10-8-6-4-2/h29,31,34H,3-28,30,32-33H2,1-2H3,(H2,37,38,39)/b31-29-/t34-/m1/s1. The lowest BCUT2D eigenvalue weighted by molar-refractivity contribution is -0.153. The largest absolute Gasteiger partial charge is 0.498 e. The molecule has 43 heavy (non-hydrogen) atoms. The summed E-state index contributed by atoms with van der Waals surface area (Å²) in [6.45, 7) is 4.11. The van der Waals surface area contributed by atoms with Crippen molar-refractivity contribution in [1.82, 2.24) is 0 Å². The van der Waals surface area contributed by atoms with Crippen molar-refractivity contribution < 1.29 is 33.1 Å². The van der Waals surface area contributed by atoms with Gasteiger partial charge in [0.15, 0.2) is 6.10 Å². The fourth-order valence-corrected chi connectivity index (χ4v) is 5.59. The number of phosphoric ester groups is 1. The van der Waals surface area contributed by atoms with Crippen LogP contribution in [0.2, 0.25) is 0 Å². The minimum Gasteiger partial charge on any atom is -0.498 e. The van der Waals surface area contributed by atoms with Gasteiger partial charge in [-0.3, -0.25) is 9.32 Å². The molecule has 0 spiro atoms. The third kappa shape index (κ3) is 35.5. The lowest BCUT2D eigenvalue weighted by Gasteiger charge is -2.18. The molecule has 2 N–H and O–H groups in total. The summed E-state index contributed by atoms with van der Waals surface area (Å²) < 4.78 is 26.6. The van der Waals surface area contributed by atoms with Crippen LogP contribution in [0.5, 0.6) is 0 Å². The Balaban J connectivity index is 3.88. The van der Waals surface area contributed by atoms with E-state index in [1.807, 2.05) is 6.08 Å². The number of rotatable bonds is 34. The maximum atomic E-state index is 12.3. The molecule has 0 saturated carbocycles. The van der Waals surface area contributed by atoms with Crippen LogP contribution in [0.1, 0.15) is 187 Å². The van der Waals surface area contributed by atoms with Gasteiger partial charge in [-0.2, -0.15) is 0 Å². The number of phosphoric acid groups is 1. The number of esters is 1. The highest BCUT2D eigenvalue weighted by molar-refractivity contribution is 7.46. The zero-order valence-electron chi connectivity index (χ0n) is 28.1. The molecule has 0 aromatic heterocycles. The number of hydrogen-bond donors (Lipinski definition) is 2. The second-order valence-electron chi connectivity index (χ2n) is 12.3. The van der Waals surface area contributed by atoms with Crippen LogP contribution in [0.3, 0.4) is 0 Å². The van der Waals surface area contributed by atoms with Gasteiger partial charge in [0.05, 0.1) is 12.9 Å². The van der Waals surface area contributed by atoms with Crippen LogP contribution in [-0.4, -0.2) is 35.1 Å². The van der Waals surface area contributed by atoms with Gasteiger partial charge in [-0.15, -0.1) is 0 Å². The molecule has 0 radical (unpaired) electrons. The second kappa shape index (κ2) is 32.5. The summed E-state index contributed by atoms with van der Waals surface area (Å²) in [5.41, 5.74) is 0. The fraction of sp³-hybridized carbons (Fsp3) is 0.914. The molecule has 0 unspecified atom stereocenters. The van der Waals surface area contributed by atoms with Gasteiger partial charge in [0, 0.05) is 6.42 Å². The van der Waals surface area contributed by atoms with E-state index >= 15 is 0 Å². The van der Waals surface area contributed by atoms with E-state index in [0.717, 1.165) is 32.1 Å². The van der Waals surface area contributed by atoms with E-state index in [9.17, 15) is 9.36 Å². The fourth-order valence-electron chi connectivity index (χ4n) is 5.23. The number of hydrogen-bond acceptors (Lipinski definition) is 5. The lowest BCUT2D eigenvalue weighted by Crippen LogP contribution is -2.27. The predicted molar refractivity (Wildman–Crippen MR) is 179 cm³/mol. The Bertz CT molecular complexity index is 665. The topological polar surface area (TPSA) is 102 Å². The lowest BCUT2D eigenvalue weighted by atomic mass is 10.0. The summed E-state index contributed by atoms with van der Waals surface area (Å²) >= 11 is 0. The molecular formula is C35H69O7P. The smallest absolute Gasteiger partial charge is 0.469 e. The highest BCUT2D eigenvalue weighted by atomic mass is 31.2. The van der Waals surface area contributed by atoms with Crippen LogP contribution in [-0.2, 0) is 23.4 Å². The van der Waals surface area contributed by atoms with Crippen molar-refractivity contribution in [1.29, 1.82) is 0 Å². The number of allylic oxidation sites excluding steroid dienone is 1. The highest BCUT2D eigenvalue weighted by Gasteiger charge is 2.21. The van der Waals surface area contributed by atoms with Gasteiger partial charge in [0.25, 0.3) is 0 Å². The van der Waals surface area contributed by atoms with Gasteiger partial charge in [-0.25, -0.2) is 4.57 Å². The van der Waals surface area contributed by atoms with Crippen molar-refractivity contribution in [2.45, 2.75) is 193 Å². The molecule has 0 aromatic rings. The van der Waals surface area contributed by atoms with Crippen LogP contribution >= 0.6 is 7.82 Å². The Kier molecular flexibility index (Phi) is 31.8. The van der Waals surface area contributed by atoms with Gasteiger partial charge in [0.1, 0.15) is 6.61 Å². The van der Waals surface area contributed by atoms with Crippen LogP contribution in [0.4, 0.5) is 0 Å². The van der Waals surface area contributed by atoms with Crippen molar-refractivity contribution >= 4 is 13.8 Å². The van der Waals surface area contributed by atoms with E-state index < -0.39 is 20.5 Å². The Morgan fingerprint density at radius 1 is 0.605 bits per heavy atom. The van der Waals surface area contributed by atoms with E-state index in [1.54, 1.807) is 6.26 Å². The van der Waals surface area contributed by atoms with Crippen LogP contribution in [0.25, 0.3) is 0 Å². The molecule has 0 heterocycles. The van der Waals surface area contributed by atoms with Crippen LogP contribution < -0.4 is 0 Å². The normalized spacial score (nSPS) is 12.7. The molecule has 0 aromatic carbocycles. The zero-order valence-corrected chi connectivity index (χ0v) is 29.0. The van der Waals surface area contributed by atoms with E-state index in [0.29, 0.717) is 6.42 Å². The average molecular weight is 633 g/mol. The number of unbranched alkanes of at least 4 members (excludes halogenated alkanes) is 24. The molecule has 7 nitrogen and oxygen atoms in total. The first-order chi connectivity index (χ1) is 20.9. The van der Waals surface area contributed by atoms with Crippen LogP contribution in [0, 0.1) is 0 Å². The van der Waals surface area contributed by atoms with E-state index in [-0.39, 0.29) is 12.6 Å². The molecule has 0 bridgehead atoms. The summed E-state index contributed by atoms with van der Waals surface area (Å²) in [7, 11) is -4.66. The Morgan fingerprint density at radius 3 is 1.42 bits per heavy atom. The van der Waals surface area contributed by atoms with Gasteiger partial charge in [-0.1, -0.05) is 162 Å². The van der Waals surface area contributed by atoms with Crippen molar-refractivity contribution in [3.05, 3.63) is 12.3 Å². The predicted octanol–water partition coefficient (Wildman–Crippen LogP) is 11.1. The van der Waals surface area contributed by atoms with Gasteiger partial charge in [0.2, 0.25) is 0 Å². The molecular weight excluding hydrogens is 563 g/mol.